The van der Waals surface area contributed by atoms with Crippen molar-refractivity contribution in [2.24, 2.45) is 11.8 Å². The Labute approximate surface area is 200 Å². The first-order chi connectivity index (χ1) is 17.0. The number of benzene rings is 3. The molecule has 6 nitrogen and oxygen atoms in total. The fourth-order valence-corrected chi connectivity index (χ4v) is 5.04. The Morgan fingerprint density at radius 2 is 1.80 bits per heavy atom. The highest BCUT2D eigenvalue weighted by Gasteiger charge is 2.37. The number of likely N-dealkylation sites (tertiary alicyclic amines) is 1. The summed E-state index contributed by atoms with van der Waals surface area (Å²) in [6.45, 7) is 1.35. The Morgan fingerprint density at radius 1 is 1.00 bits per heavy atom. The van der Waals surface area contributed by atoms with Crippen molar-refractivity contribution < 1.29 is 13.6 Å². The summed E-state index contributed by atoms with van der Waals surface area (Å²) in [7, 11) is 0. The van der Waals surface area contributed by atoms with Gasteiger partial charge in [-0.05, 0) is 66.0 Å². The lowest BCUT2D eigenvalue weighted by Crippen LogP contribution is -2.30. The molecule has 35 heavy (non-hydrogen) atoms. The summed E-state index contributed by atoms with van der Waals surface area (Å²) in [4.78, 5) is 26.8. The second-order valence-electron chi connectivity index (χ2n) is 9.54. The fraction of sp³-hybridized carbons (Fsp3) is 0.296. The molecule has 1 aromatic heterocycles. The molecule has 6 rings (SSSR count). The van der Waals surface area contributed by atoms with Crippen LogP contribution in [0.15, 0.2) is 59.4 Å². The molecule has 3 aromatic carbocycles. The summed E-state index contributed by atoms with van der Waals surface area (Å²) >= 11 is 0. The van der Waals surface area contributed by atoms with Crippen LogP contribution in [0.4, 0.5) is 8.78 Å². The van der Waals surface area contributed by atoms with Gasteiger partial charge in [0.25, 0.3) is 0 Å². The van der Waals surface area contributed by atoms with Gasteiger partial charge in [-0.15, -0.1) is 0 Å². The van der Waals surface area contributed by atoms with E-state index < -0.39 is 11.5 Å². The number of halogens is 2. The van der Waals surface area contributed by atoms with Crippen LogP contribution in [0.1, 0.15) is 25.1 Å². The third-order valence-corrected chi connectivity index (χ3v) is 7.09. The SMILES string of the molecule is O=C(C1CC1)N1CCC(Cc2n[nH]c(=O)n2-c2ccc(-c3ccc4cccc(F)c4c3)cc2F)C1. The molecule has 2 fully saturated rings. The van der Waals surface area contributed by atoms with E-state index in [0.29, 0.717) is 41.8 Å². The molecule has 0 spiro atoms. The number of hydrogen-bond donors (Lipinski definition) is 1. The molecule has 2 heterocycles. The van der Waals surface area contributed by atoms with Gasteiger partial charge in [-0.25, -0.2) is 23.2 Å². The summed E-state index contributed by atoms with van der Waals surface area (Å²) in [6.07, 6.45) is 3.25. The number of nitrogens with one attached hydrogen (secondary N) is 1. The van der Waals surface area contributed by atoms with E-state index in [9.17, 15) is 14.0 Å². The Morgan fingerprint density at radius 3 is 2.60 bits per heavy atom. The van der Waals surface area contributed by atoms with Crippen LogP contribution in [0.25, 0.3) is 27.6 Å². The third kappa shape index (κ3) is 4.03. The Kier molecular flexibility index (Phi) is 5.24. The number of amides is 1. The maximum absolute atomic E-state index is 15.3. The van der Waals surface area contributed by atoms with Gasteiger partial charge in [0.05, 0.1) is 5.69 Å². The van der Waals surface area contributed by atoms with Crippen molar-refractivity contribution >= 4 is 16.7 Å². The molecule has 1 amide bonds. The topological polar surface area (TPSA) is 71.0 Å². The van der Waals surface area contributed by atoms with E-state index in [1.54, 1.807) is 30.3 Å². The summed E-state index contributed by atoms with van der Waals surface area (Å²) in [5.74, 6) is 0.117. The van der Waals surface area contributed by atoms with E-state index in [0.717, 1.165) is 24.6 Å². The molecule has 0 radical (unpaired) electrons. The second kappa shape index (κ2) is 8.45. The smallest absolute Gasteiger partial charge is 0.342 e. The minimum absolute atomic E-state index is 0.110. The number of H-pyrrole nitrogens is 1. The van der Waals surface area contributed by atoms with Gasteiger partial charge in [-0.1, -0.05) is 30.3 Å². The van der Waals surface area contributed by atoms with Crippen LogP contribution in [0.3, 0.4) is 0 Å². The molecule has 0 bridgehead atoms. The summed E-state index contributed by atoms with van der Waals surface area (Å²) in [6, 6.07) is 14.8. The summed E-state index contributed by atoms with van der Waals surface area (Å²) in [5, 5.41) is 7.83. The van der Waals surface area contributed by atoms with Crippen LogP contribution < -0.4 is 5.69 Å². The number of carbonyl (C=O) groups is 1. The van der Waals surface area contributed by atoms with Crippen molar-refractivity contribution in [1.29, 1.82) is 0 Å². The van der Waals surface area contributed by atoms with Gasteiger partial charge < -0.3 is 4.90 Å². The van der Waals surface area contributed by atoms with E-state index in [1.165, 1.54) is 16.7 Å². The molecular weight excluding hydrogens is 450 g/mol. The predicted octanol–water partition coefficient (Wildman–Crippen LogP) is 4.46. The van der Waals surface area contributed by atoms with Crippen LogP contribution in [0.2, 0.25) is 0 Å². The molecule has 1 atom stereocenters. The average molecular weight is 475 g/mol. The number of aromatic amines is 1. The highest BCUT2D eigenvalue weighted by Crippen LogP contribution is 2.33. The zero-order chi connectivity index (χ0) is 24.1. The van der Waals surface area contributed by atoms with Crippen molar-refractivity contribution in [3.05, 3.63) is 82.5 Å². The van der Waals surface area contributed by atoms with Gasteiger partial charge >= 0.3 is 5.69 Å². The van der Waals surface area contributed by atoms with Crippen LogP contribution in [0.5, 0.6) is 0 Å². The Bertz CT molecular complexity index is 1500. The first-order valence-electron chi connectivity index (χ1n) is 11.9. The standard InChI is InChI=1S/C27H24F2N4O2/c28-22-3-1-2-17-4-7-19(13-21(17)22)20-8-9-24(23(29)14-20)33-25(30-31-27(33)35)12-16-10-11-32(15-16)26(34)18-5-6-18/h1-4,7-9,13-14,16,18H,5-6,10-12,15H2,(H,31,35). The van der Waals surface area contributed by atoms with Gasteiger partial charge in [-0.2, -0.15) is 5.10 Å². The molecule has 1 unspecified atom stereocenters. The number of rotatable bonds is 5. The molecule has 1 aliphatic heterocycles. The summed E-state index contributed by atoms with van der Waals surface area (Å²) in [5.41, 5.74) is 0.862. The van der Waals surface area contributed by atoms with E-state index in [2.05, 4.69) is 10.2 Å². The Hall–Kier alpha value is -3.81. The van der Waals surface area contributed by atoms with E-state index in [4.69, 9.17) is 0 Å². The molecule has 178 valence electrons. The van der Waals surface area contributed by atoms with Gasteiger partial charge in [0.15, 0.2) is 0 Å². The molecular formula is C27H24F2N4O2. The highest BCUT2D eigenvalue weighted by atomic mass is 19.1. The van der Waals surface area contributed by atoms with E-state index >= 15 is 4.39 Å². The molecule has 1 saturated carbocycles. The Balaban J connectivity index is 1.27. The second-order valence-corrected chi connectivity index (χ2v) is 9.54. The minimum Gasteiger partial charge on any atom is -0.342 e. The summed E-state index contributed by atoms with van der Waals surface area (Å²) < 4.78 is 30.8. The first kappa shape index (κ1) is 21.7. The fourth-order valence-electron chi connectivity index (χ4n) is 5.04. The van der Waals surface area contributed by atoms with Crippen LogP contribution in [-0.4, -0.2) is 38.7 Å². The number of hydrogen-bond acceptors (Lipinski definition) is 3. The van der Waals surface area contributed by atoms with Crippen LogP contribution in [0, 0.1) is 23.5 Å². The molecule has 1 saturated heterocycles. The van der Waals surface area contributed by atoms with Gasteiger partial charge in [0, 0.05) is 30.8 Å². The van der Waals surface area contributed by atoms with Crippen molar-refractivity contribution in [2.75, 3.05) is 13.1 Å². The largest absolute Gasteiger partial charge is 0.348 e. The molecule has 8 heteroatoms. The quantitative estimate of drug-likeness (QED) is 0.464. The van der Waals surface area contributed by atoms with Gasteiger partial charge in [0.1, 0.15) is 17.5 Å². The average Bonchev–Trinajstić information content (AvgIpc) is 3.51. The molecule has 4 aromatic rings. The number of carbonyl (C=O) groups excluding carboxylic acids is 1. The van der Waals surface area contributed by atoms with Gasteiger partial charge in [-0.3, -0.25) is 4.79 Å². The zero-order valence-electron chi connectivity index (χ0n) is 19.0. The third-order valence-electron chi connectivity index (χ3n) is 7.09. The van der Waals surface area contributed by atoms with Crippen molar-refractivity contribution in [1.82, 2.24) is 19.7 Å². The van der Waals surface area contributed by atoms with Crippen molar-refractivity contribution in [2.45, 2.75) is 25.7 Å². The zero-order valence-corrected chi connectivity index (χ0v) is 19.0. The van der Waals surface area contributed by atoms with Crippen molar-refractivity contribution in [3.63, 3.8) is 0 Å². The van der Waals surface area contributed by atoms with Crippen molar-refractivity contribution in [3.8, 4) is 16.8 Å². The lowest BCUT2D eigenvalue weighted by molar-refractivity contribution is -0.131. The number of nitrogens with zero attached hydrogens (tertiary/aromatic N) is 3. The lowest BCUT2D eigenvalue weighted by Gasteiger charge is -2.16. The molecule has 1 aliphatic carbocycles. The minimum atomic E-state index is -0.571. The maximum Gasteiger partial charge on any atom is 0.348 e. The predicted molar refractivity (Wildman–Crippen MR) is 128 cm³/mol. The van der Waals surface area contributed by atoms with E-state index in [1.807, 2.05) is 17.0 Å². The normalized spacial score (nSPS) is 17.9. The number of aromatic nitrogens is 3. The first-order valence-corrected chi connectivity index (χ1v) is 11.9. The van der Waals surface area contributed by atoms with Crippen LogP contribution in [-0.2, 0) is 11.2 Å². The van der Waals surface area contributed by atoms with Crippen LogP contribution >= 0.6 is 0 Å². The monoisotopic (exact) mass is 474 g/mol. The maximum atomic E-state index is 15.3. The van der Waals surface area contributed by atoms with Gasteiger partial charge in [0.2, 0.25) is 5.91 Å². The molecule has 1 N–H and O–H groups in total. The highest BCUT2D eigenvalue weighted by molar-refractivity contribution is 5.88. The lowest BCUT2D eigenvalue weighted by atomic mass is 10.0. The van der Waals surface area contributed by atoms with E-state index in [-0.39, 0.29) is 29.2 Å². The molecule has 2 aliphatic rings. The number of fused-ring (bicyclic) bond motifs is 1.